The van der Waals surface area contributed by atoms with E-state index in [1.807, 2.05) is 0 Å². The maximum Gasteiger partial charge on any atom is 0.337 e. The maximum absolute atomic E-state index is 12.1. The summed E-state index contributed by atoms with van der Waals surface area (Å²) in [6.45, 7) is 1.96. The number of rotatable bonds is 1. The van der Waals surface area contributed by atoms with Crippen LogP contribution in [0.25, 0.3) is 11.0 Å². The lowest BCUT2D eigenvalue weighted by atomic mass is 9.85. The molecule has 0 saturated heterocycles. The number of anilines is 1. The molecule has 7 nitrogen and oxygen atoms in total. The Morgan fingerprint density at radius 1 is 1.52 bits per heavy atom. The van der Waals surface area contributed by atoms with Gasteiger partial charge < -0.3 is 20.2 Å². The Bertz CT molecular complexity index is 961. The van der Waals surface area contributed by atoms with Crippen molar-refractivity contribution in [3.63, 3.8) is 0 Å². The second-order valence-corrected chi connectivity index (χ2v) is 5.43. The van der Waals surface area contributed by atoms with Gasteiger partial charge in [-0.1, -0.05) is 0 Å². The number of nitrogens with two attached hydrogens (primary N) is 1. The number of hydrogen-bond donors (Lipinski definition) is 2. The number of nitrogens with one attached hydrogen (secondary N) is 1. The molecule has 4 rings (SSSR count). The third-order valence-electron chi connectivity index (χ3n) is 4.11. The highest BCUT2D eigenvalue weighted by molar-refractivity contribution is 5.96. The molecule has 0 radical (unpaired) electrons. The normalized spacial score (nSPS) is 20.3. The number of cyclic esters (lactones) is 1. The summed E-state index contributed by atoms with van der Waals surface area (Å²) in [4.78, 5) is 16.1. The molecule has 0 bridgehead atoms. The molecule has 0 aliphatic carbocycles. The number of esters is 1. The predicted octanol–water partition coefficient (Wildman–Crippen LogP) is 1.71. The van der Waals surface area contributed by atoms with E-state index >= 15 is 0 Å². The molecular weight excluding hydrogens is 296 g/mol. The number of fused-ring (bicyclic) bond motifs is 1. The number of allylic oxidation sites excluding steroid dienone is 2. The fourth-order valence-electron chi connectivity index (χ4n) is 3.05. The largest absolute Gasteiger partial charge is 0.460 e. The van der Waals surface area contributed by atoms with Crippen LogP contribution in [0.4, 0.5) is 5.82 Å². The van der Waals surface area contributed by atoms with E-state index in [-0.39, 0.29) is 6.61 Å². The van der Waals surface area contributed by atoms with Gasteiger partial charge in [-0.05, 0) is 19.1 Å². The minimum Gasteiger partial charge on any atom is -0.460 e. The van der Waals surface area contributed by atoms with Crippen LogP contribution in [-0.2, 0) is 9.53 Å². The Morgan fingerprint density at radius 3 is 3.09 bits per heavy atom. The van der Waals surface area contributed by atoms with Gasteiger partial charge in [0.2, 0.25) is 0 Å². The van der Waals surface area contributed by atoms with Crippen LogP contribution >= 0.6 is 0 Å². The van der Waals surface area contributed by atoms with Crippen molar-refractivity contribution in [3.8, 4) is 6.07 Å². The summed E-state index contributed by atoms with van der Waals surface area (Å²) in [6, 6.07) is 5.59. The van der Waals surface area contributed by atoms with E-state index in [0.717, 1.165) is 0 Å². The van der Waals surface area contributed by atoms with Crippen LogP contribution in [-0.4, -0.2) is 17.6 Å². The highest BCUT2D eigenvalue weighted by Crippen LogP contribution is 2.42. The second kappa shape index (κ2) is 4.61. The van der Waals surface area contributed by atoms with Crippen molar-refractivity contribution in [2.24, 2.45) is 0 Å². The zero-order valence-corrected chi connectivity index (χ0v) is 12.2. The van der Waals surface area contributed by atoms with Crippen molar-refractivity contribution in [1.82, 2.24) is 10.3 Å². The van der Waals surface area contributed by atoms with Crippen molar-refractivity contribution in [2.45, 2.75) is 12.8 Å². The van der Waals surface area contributed by atoms with Gasteiger partial charge in [0.15, 0.2) is 0 Å². The number of ether oxygens (including phenoxy) is 1. The van der Waals surface area contributed by atoms with Crippen LogP contribution in [0, 0.1) is 11.3 Å². The minimum atomic E-state index is -0.599. The van der Waals surface area contributed by atoms with Gasteiger partial charge in [-0.3, -0.25) is 0 Å². The summed E-state index contributed by atoms with van der Waals surface area (Å²) in [5.74, 6) is -0.223. The number of carbonyl (C=O) groups excluding carboxylic acids is 1. The fourth-order valence-corrected chi connectivity index (χ4v) is 3.05. The number of nitriles is 1. The first-order valence-electron chi connectivity index (χ1n) is 7.02. The molecule has 2 aromatic rings. The first-order valence-corrected chi connectivity index (χ1v) is 7.02. The van der Waals surface area contributed by atoms with E-state index in [9.17, 15) is 10.1 Å². The van der Waals surface area contributed by atoms with E-state index in [2.05, 4.69) is 16.4 Å². The quantitative estimate of drug-likeness (QED) is 0.770. The zero-order chi connectivity index (χ0) is 16.1. The first kappa shape index (κ1) is 13.4. The number of dihydropyridines is 1. The number of furan rings is 1. The molecule has 3 N–H and O–H groups in total. The van der Waals surface area contributed by atoms with Crippen LogP contribution in [0.5, 0.6) is 0 Å². The fraction of sp³-hybridized carbons (Fsp3) is 0.188. The molecule has 0 spiro atoms. The van der Waals surface area contributed by atoms with Gasteiger partial charge in [0, 0.05) is 11.9 Å². The number of carbonyl (C=O) groups is 1. The predicted molar refractivity (Wildman–Crippen MR) is 80.6 cm³/mol. The molecule has 114 valence electrons. The summed E-state index contributed by atoms with van der Waals surface area (Å²) in [5, 5.41) is 13.3. The number of nitrogen functional groups attached to an aromatic ring is 1. The lowest BCUT2D eigenvalue weighted by molar-refractivity contribution is -0.136. The van der Waals surface area contributed by atoms with Gasteiger partial charge in [0.05, 0.1) is 34.2 Å². The Morgan fingerprint density at radius 2 is 2.35 bits per heavy atom. The maximum atomic E-state index is 12.1. The Hall–Kier alpha value is -3.27. The molecule has 0 unspecified atom stereocenters. The van der Waals surface area contributed by atoms with Crippen LogP contribution in [0.3, 0.4) is 0 Å². The summed E-state index contributed by atoms with van der Waals surface area (Å²) in [5.41, 5.74) is 8.62. The van der Waals surface area contributed by atoms with Gasteiger partial charge in [-0.25, -0.2) is 9.78 Å². The highest BCUT2D eigenvalue weighted by Gasteiger charge is 2.40. The molecular formula is C16H12N4O3. The lowest BCUT2D eigenvalue weighted by Crippen LogP contribution is -2.25. The van der Waals surface area contributed by atoms with Gasteiger partial charge in [0.25, 0.3) is 0 Å². The summed E-state index contributed by atoms with van der Waals surface area (Å²) >= 11 is 0. The third kappa shape index (κ3) is 1.82. The summed E-state index contributed by atoms with van der Waals surface area (Å²) < 4.78 is 11.0. The number of nitrogens with zero attached hydrogens (tertiary/aromatic N) is 2. The van der Waals surface area contributed by atoms with Crippen LogP contribution < -0.4 is 11.1 Å². The molecule has 0 fully saturated rings. The molecule has 2 aromatic heterocycles. The Balaban J connectivity index is 1.95. The lowest BCUT2D eigenvalue weighted by Gasteiger charge is -2.23. The molecule has 0 saturated carbocycles. The van der Waals surface area contributed by atoms with E-state index in [1.165, 1.54) is 0 Å². The van der Waals surface area contributed by atoms with Crippen LogP contribution in [0.1, 0.15) is 18.6 Å². The average molecular weight is 308 g/mol. The number of aromatic nitrogens is 1. The number of hydrogen-bond acceptors (Lipinski definition) is 7. The molecule has 4 heterocycles. The summed E-state index contributed by atoms with van der Waals surface area (Å²) in [7, 11) is 0. The van der Waals surface area contributed by atoms with E-state index in [0.29, 0.717) is 45.1 Å². The van der Waals surface area contributed by atoms with Gasteiger partial charge >= 0.3 is 5.97 Å². The third-order valence-corrected chi connectivity index (χ3v) is 4.11. The van der Waals surface area contributed by atoms with Gasteiger partial charge in [-0.2, -0.15) is 5.26 Å². The van der Waals surface area contributed by atoms with E-state index in [4.69, 9.17) is 14.9 Å². The second-order valence-electron chi connectivity index (χ2n) is 5.43. The SMILES string of the molecule is CC1=C(C#N)[C@H](c2cc3c(N)nccc3o2)C2=C(COC2=O)N1. The van der Waals surface area contributed by atoms with E-state index in [1.54, 1.807) is 25.3 Å². The smallest absolute Gasteiger partial charge is 0.337 e. The van der Waals surface area contributed by atoms with Crippen molar-refractivity contribution in [3.05, 3.63) is 46.6 Å². The van der Waals surface area contributed by atoms with E-state index < -0.39 is 11.9 Å². The monoisotopic (exact) mass is 308 g/mol. The molecule has 7 heteroatoms. The highest BCUT2D eigenvalue weighted by atomic mass is 16.5. The van der Waals surface area contributed by atoms with Crippen LogP contribution in [0.2, 0.25) is 0 Å². The van der Waals surface area contributed by atoms with Crippen molar-refractivity contribution in [2.75, 3.05) is 12.3 Å². The first-order chi connectivity index (χ1) is 11.1. The zero-order valence-electron chi connectivity index (χ0n) is 12.2. The van der Waals surface area contributed by atoms with Crippen LogP contribution in [0.15, 0.2) is 45.3 Å². The average Bonchev–Trinajstić information content (AvgIpc) is 3.11. The minimum absolute atomic E-state index is 0.171. The Kier molecular flexibility index (Phi) is 2.69. The molecule has 0 amide bonds. The molecule has 23 heavy (non-hydrogen) atoms. The Labute approximate surface area is 131 Å². The van der Waals surface area contributed by atoms with Crippen molar-refractivity contribution in [1.29, 1.82) is 5.26 Å². The molecule has 1 atom stereocenters. The van der Waals surface area contributed by atoms with Crippen molar-refractivity contribution >= 4 is 22.8 Å². The summed E-state index contributed by atoms with van der Waals surface area (Å²) in [6.07, 6.45) is 1.55. The standard InChI is InChI=1S/C16H12N4O3/c1-7-9(5-17)13(14-10(20-7)6-22-16(14)21)12-4-8-11(23-12)2-3-19-15(8)18/h2-4,13,20H,6H2,1H3,(H2,18,19)/t13-/m1/s1. The number of pyridine rings is 1. The molecule has 0 aromatic carbocycles. The van der Waals surface area contributed by atoms with Gasteiger partial charge in [0.1, 0.15) is 23.8 Å². The molecule has 2 aliphatic heterocycles. The van der Waals surface area contributed by atoms with Crippen molar-refractivity contribution < 1.29 is 13.9 Å². The topological polar surface area (TPSA) is 114 Å². The molecule has 2 aliphatic rings. The van der Waals surface area contributed by atoms with Gasteiger partial charge in [-0.15, -0.1) is 0 Å².